The molecule has 0 aliphatic rings. The molecule has 1 heterocycles. The third-order valence-electron chi connectivity index (χ3n) is 3.53. The largest absolute Gasteiger partial charge is 0.493 e. The summed E-state index contributed by atoms with van der Waals surface area (Å²) < 4.78 is 10.8. The SMILES string of the molecule is COc1cccc(CNc2ncnc3cc(Cl)ccc23)c1OC. The van der Waals surface area contributed by atoms with Gasteiger partial charge >= 0.3 is 0 Å². The number of nitrogens with one attached hydrogen (secondary N) is 1. The molecule has 0 saturated heterocycles. The number of para-hydroxylation sites is 1. The van der Waals surface area contributed by atoms with Crippen molar-refractivity contribution in [1.29, 1.82) is 0 Å². The predicted molar refractivity (Wildman–Crippen MR) is 91.4 cm³/mol. The summed E-state index contributed by atoms with van der Waals surface area (Å²) in [4.78, 5) is 8.55. The van der Waals surface area contributed by atoms with E-state index in [1.165, 1.54) is 6.33 Å². The van der Waals surface area contributed by atoms with Crippen molar-refractivity contribution >= 4 is 28.3 Å². The lowest BCUT2D eigenvalue weighted by Crippen LogP contribution is -2.05. The molecule has 0 amide bonds. The van der Waals surface area contributed by atoms with Crippen LogP contribution in [0.25, 0.3) is 10.9 Å². The highest BCUT2D eigenvalue weighted by molar-refractivity contribution is 6.31. The molecule has 0 aliphatic carbocycles. The first kappa shape index (κ1) is 15.4. The molecule has 0 unspecified atom stereocenters. The molecule has 1 N–H and O–H groups in total. The molecule has 0 saturated carbocycles. The summed E-state index contributed by atoms with van der Waals surface area (Å²) in [5, 5.41) is 4.88. The van der Waals surface area contributed by atoms with Crippen molar-refractivity contribution in [1.82, 2.24) is 9.97 Å². The number of anilines is 1. The fourth-order valence-corrected chi connectivity index (χ4v) is 2.61. The molecule has 1 aromatic heterocycles. The lowest BCUT2D eigenvalue weighted by molar-refractivity contribution is 0.352. The molecule has 3 aromatic rings. The van der Waals surface area contributed by atoms with E-state index in [1.807, 2.05) is 36.4 Å². The molecule has 3 rings (SSSR count). The van der Waals surface area contributed by atoms with Gasteiger partial charge in [-0.25, -0.2) is 9.97 Å². The summed E-state index contributed by atoms with van der Waals surface area (Å²) in [5.41, 5.74) is 1.78. The monoisotopic (exact) mass is 329 g/mol. The average molecular weight is 330 g/mol. The molecule has 0 bridgehead atoms. The molecule has 0 fully saturated rings. The molecule has 2 aromatic carbocycles. The Morgan fingerprint density at radius 2 is 1.96 bits per heavy atom. The van der Waals surface area contributed by atoms with Crippen LogP contribution in [0.2, 0.25) is 5.02 Å². The van der Waals surface area contributed by atoms with Crippen LogP contribution in [0.15, 0.2) is 42.7 Å². The normalized spacial score (nSPS) is 10.6. The maximum Gasteiger partial charge on any atom is 0.165 e. The minimum atomic E-state index is 0.551. The van der Waals surface area contributed by atoms with Gasteiger partial charge in [0.25, 0.3) is 0 Å². The molecule has 0 spiro atoms. The van der Waals surface area contributed by atoms with E-state index < -0.39 is 0 Å². The molecular weight excluding hydrogens is 314 g/mol. The Morgan fingerprint density at radius 3 is 2.74 bits per heavy atom. The molecule has 118 valence electrons. The minimum Gasteiger partial charge on any atom is -0.493 e. The molecular formula is C17H16ClN3O2. The lowest BCUT2D eigenvalue weighted by Gasteiger charge is -2.14. The van der Waals surface area contributed by atoms with E-state index in [-0.39, 0.29) is 0 Å². The molecule has 6 heteroatoms. The van der Waals surface area contributed by atoms with E-state index in [2.05, 4.69) is 15.3 Å². The zero-order chi connectivity index (χ0) is 16.2. The minimum absolute atomic E-state index is 0.551. The van der Waals surface area contributed by atoms with Crippen LogP contribution >= 0.6 is 11.6 Å². The van der Waals surface area contributed by atoms with Gasteiger partial charge in [-0.15, -0.1) is 0 Å². The molecule has 23 heavy (non-hydrogen) atoms. The van der Waals surface area contributed by atoms with E-state index in [0.29, 0.717) is 23.1 Å². The van der Waals surface area contributed by atoms with Gasteiger partial charge in [-0.05, 0) is 24.3 Å². The van der Waals surface area contributed by atoms with Crippen molar-refractivity contribution in [2.24, 2.45) is 0 Å². The van der Waals surface area contributed by atoms with Crippen molar-refractivity contribution in [3.63, 3.8) is 0 Å². The number of ether oxygens (including phenoxy) is 2. The second-order valence-corrected chi connectivity index (χ2v) is 5.33. The van der Waals surface area contributed by atoms with Gasteiger partial charge < -0.3 is 14.8 Å². The highest BCUT2D eigenvalue weighted by Gasteiger charge is 2.10. The van der Waals surface area contributed by atoms with Gasteiger partial charge in [-0.1, -0.05) is 23.7 Å². The number of aromatic nitrogens is 2. The number of halogens is 1. The molecule has 5 nitrogen and oxygen atoms in total. The zero-order valence-electron chi connectivity index (χ0n) is 12.8. The number of fused-ring (bicyclic) bond motifs is 1. The summed E-state index contributed by atoms with van der Waals surface area (Å²) in [7, 11) is 3.25. The Kier molecular flexibility index (Phi) is 4.48. The standard InChI is InChI=1S/C17H16ClN3O2/c1-22-15-5-3-4-11(16(15)23-2)9-19-17-13-7-6-12(18)8-14(13)20-10-21-17/h3-8,10H,9H2,1-2H3,(H,19,20,21). The van der Waals surface area contributed by atoms with Crippen molar-refractivity contribution in [3.05, 3.63) is 53.3 Å². The Hall–Kier alpha value is -2.53. The Bertz CT molecular complexity index is 839. The second kappa shape index (κ2) is 6.71. The van der Waals surface area contributed by atoms with E-state index in [0.717, 1.165) is 22.3 Å². The third kappa shape index (κ3) is 3.14. The van der Waals surface area contributed by atoms with Crippen LogP contribution in [0.3, 0.4) is 0 Å². The zero-order valence-corrected chi connectivity index (χ0v) is 13.6. The van der Waals surface area contributed by atoms with Gasteiger partial charge in [0.05, 0.1) is 19.7 Å². The molecule has 0 aliphatic heterocycles. The van der Waals surface area contributed by atoms with Gasteiger partial charge in [-0.2, -0.15) is 0 Å². The summed E-state index contributed by atoms with van der Waals surface area (Å²) >= 11 is 6.01. The Morgan fingerprint density at radius 1 is 1.09 bits per heavy atom. The smallest absolute Gasteiger partial charge is 0.165 e. The lowest BCUT2D eigenvalue weighted by atomic mass is 10.1. The maximum atomic E-state index is 6.01. The summed E-state index contributed by atoms with van der Waals surface area (Å²) in [6, 6.07) is 11.3. The van der Waals surface area contributed by atoms with Crippen LogP contribution in [-0.4, -0.2) is 24.2 Å². The number of benzene rings is 2. The van der Waals surface area contributed by atoms with Crippen molar-refractivity contribution in [2.75, 3.05) is 19.5 Å². The number of hydrogen-bond acceptors (Lipinski definition) is 5. The number of rotatable bonds is 5. The fourth-order valence-electron chi connectivity index (χ4n) is 2.44. The van der Waals surface area contributed by atoms with E-state index in [1.54, 1.807) is 14.2 Å². The van der Waals surface area contributed by atoms with Gasteiger partial charge in [-0.3, -0.25) is 0 Å². The van der Waals surface area contributed by atoms with Crippen molar-refractivity contribution in [2.45, 2.75) is 6.54 Å². The van der Waals surface area contributed by atoms with E-state index in [4.69, 9.17) is 21.1 Å². The number of methoxy groups -OCH3 is 2. The van der Waals surface area contributed by atoms with Gasteiger partial charge in [0, 0.05) is 22.5 Å². The van der Waals surface area contributed by atoms with E-state index in [9.17, 15) is 0 Å². The highest BCUT2D eigenvalue weighted by Crippen LogP contribution is 2.31. The van der Waals surface area contributed by atoms with Crippen LogP contribution in [-0.2, 0) is 6.54 Å². The quantitative estimate of drug-likeness (QED) is 0.769. The molecule has 0 radical (unpaired) electrons. The third-order valence-corrected chi connectivity index (χ3v) is 3.76. The number of hydrogen-bond donors (Lipinski definition) is 1. The number of nitrogens with zero attached hydrogens (tertiary/aromatic N) is 2. The predicted octanol–water partition coefficient (Wildman–Crippen LogP) is 3.91. The fraction of sp³-hybridized carbons (Fsp3) is 0.176. The highest BCUT2D eigenvalue weighted by atomic mass is 35.5. The topological polar surface area (TPSA) is 56.3 Å². The summed E-state index contributed by atoms with van der Waals surface area (Å²) in [6.07, 6.45) is 1.52. The first-order chi connectivity index (χ1) is 11.2. The van der Waals surface area contributed by atoms with Crippen LogP contribution in [0, 0.1) is 0 Å². The van der Waals surface area contributed by atoms with E-state index >= 15 is 0 Å². The first-order valence-electron chi connectivity index (χ1n) is 7.07. The van der Waals surface area contributed by atoms with Gasteiger partial charge in [0.15, 0.2) is 11.5 Å². The van der Waals surface area contributed by atoms with Crippen LogP contribution in [0.4, 0.5) is 5.82 Å². The van der Waals surface area contributed by atoms with Crippen LogP contribution in [0.5, 0.6) is 11.5 Å². The van der Waals surface area contributed by atoms with Crippen LogP contribution < -0.4 is 14.8 Å². The average Bonchev–Trinajstić information content (AvgIpc) is 2.58. The maximum absolute atomic E-state index is 6.01. The van der Waals surface area contributed by atoms with Crippen molar-refractivity contribution < 1.29 is 9.47 Å². The first-order valence-corrected chi connectivity index (χ1v) is 7.44. The van der Waals surface area contributed by atoms with Gasteiger partial charge in [0.2, 0.25) is 0 Å². The summed E-state index contributed by atoms with van der Waals surface area (Å²) in [6.45, 7) is 0.551. The van der Waals surface area contributed by atoms with Crippen LogP contribution in [0.1, 0.15) is 5.56 Å². The van der Waals surface area contributed by atoms with Crippen molar-refractivity contribution in [3.8, 4) is 11.5 Å². The second-order valence-electron chi connectivity index (χ2n) is 4.89. The molecule has 0 atom stereocenters. The Labute approximate surface area is 139 Å². The Balaban J connectivity index is 1.90. The van der Waals surface area contributed by atoms with Gasteiger partial charge in [0.1, 0.15) is 12.1 Å². The summed E-state index contributed by atoms with van der Waals surface area (Å²) in [5.74, 6) is 2.16.